The van der Waals surface area contributed by atoms with Gasteiger partial charge in [0.2, 0.25) is 5.91 Å². The van der Waals surface area contributed by atoms with Crippen LogP contribution in [0.15, 0.2) is 18.2 Å². The van der Waals surface area contributed by atoms with E-state index in [9.17, 15) is 18.8 Å². The van der Waals surface area contributed by atoms with Gasteiger partial charge < -0.3 is 14.5 Å². The molecule has 1 aromatic rings. The van der Waals surface area contributed by atoms with E-state index < -0.39 is 17.4 Å². The number of anilines is 2. The lowest BCUT2D eigenvalue weighted by Crippen LogP contribution is -2.50. The van der Waals surface area contributed by atoms with E-state index >= 15 is 0 Å². The van der Waals surface area contributed by atoms with Gasteiger partial charge in [-0.1, -0.05) is 0 Å². The van der Waals surface area contributed by atoms with Gasteiger partial charge in [-0.2, -0.15) is 0 Å². The molecule has 2 aliphatic heterocycles. The van der Waals surface area contributed by atoms with E-state index in [0.717, 1.165) is 5.69 Å². The van der Waals surface area contributed by atoms with Crippen molar-refractivity contribution in [3.8, 4) is 0 Å². The van der Waals surface area contributed by atoms with Crippen molar-refractivity contribution in [3.05, 3.63) is 24.0 Å². The summed E-state index contributed by atoms with van der Waals surface area (Å²) in [5.74, 6) is -0.892. The maximum absolute atomic E-state index is 14.3. The third-order valence-electron chi connectivity index (χ3n) is 4.57. The second kappa shape index (κ2) is 7.65. The molecule has 0 radical (unpaired) electrons. The number of rotatable bonds is 2. The summed E-state index contributed by atoms with van der Waals surface area (Å²) in [7, 11) is 0. The molecule has 2 fully saturated rings. The number of amides is 4. The number of hydrogen-bond acceptors (Lipinski definition) is 5. The SMILES string of the molecule is CC(C)(C)OC(=O)N1CCN(c2ccc(F)c(N3CCC(=O)NC3=O)c2)CC1. The fourth-order valence-electron chi connectivity index (χ4n) is 3.17. The molecule has 28 heavy (non-hydrogen) atoms. The van der Waals surface area contributed by atoms with E-state index in [0.29, 0.717) is 26.2 Å². The molecule has 0 saturated carbocycles. The van der Waals surface area contributed by atoms with E-state index in [2.05, 4.69) is 5.32 Å². The Labute approximate surface area is 163 Å². The van der Waals surface area contributed by atoms with E-state index in [4.69, 9.17) is 4.74 Å². The minimum atomic E-state index is -0.623. The number of halogens is 1. The van der Waals surface area contributed by atoms with Crippen LogP contribution in [0.25, 0.3) is 0 Å². The lowest BCUT2D eigenvalue weighted by molar-refractivity contribution is -0.120. The van der Waals surface area contributed by atoms with Crippen molar-refractivity contribution in [1.29, 1.82) is 0 Å². The zero-order valence-electron chi connectivity index (χ0n) is 16.3. The van der Waals surface area contributed by atoms with Crippen molar-refractivity contribution < 1.29 is 23.5 Å². The molecule has 1 aromatic carbocycles. The number of urea groups is 1. The summed E-state index contributed by atoms with van der Waals surface area (Å²) in [4.78, 5) is 40.4. The van der Waals surface area contributed by atoms with Crippen molar-refractivity contribution in [3.63, 3.8) is 0 Å². The van der Waals surface area contributed by atoms with Crippen LogP contribution in [0.3, 0.4) is 0 Å². The second-order valence-electron chi connectivity index (χ2n) is 7.85. The minimum Gasteiger partial charge on any atom is -0.444 e. The first-order valence-corrected chi connectivity index (χ1v) is 9.28. The zero-order valence-corrected chi connectivity index (χ0v) is 16.3. The van der Waals surface area contributed by atoms with Gasteiger partial charge in [0, 0.05) is 44.8 Å². The van der Waals surface area contributed by atoms with Crippen LogP contribution in [0.5, 0.6) is 0 Å². The average Bonchev–Trinajstić information content (AvgIpc) is 2.61. The number of carbonyl (C=O) groups excluding carboxylic acids is 3. The highest BCUT2D eigenvalue weighted by atomic mass is 19.1. The Bertz CT molecular complexity index is 785. The number of benzene rings is 1. The minimum absolute atomic E-state index is 0.129. The fraction of sp³-hybridized carbons (Fsp3) is 0.526. The van der Waals surface area contributed by atoms with Crippen LogP contribution in [0, 0.1) is 5.82 Å². The monoisotopic (exact) mass is 392 g/mol. The molecule has 0 atom stereocenters. The van der Waals surface area contributed by atoms with Gasteiger partial charge in [0.05, 0.1) is 5.69 Å². The van der Waals surface area contributed by atoms with E-state index in [1.165, 1.54) is 11.0 Å². The fourth-order valence-corrected chi connectivity index (χ4v) is 3.17. The van der Waals surface area contributed by atoms with Gasteiger partial charge in [-0.15, -0.1) is 0 Å². The Morgan fingerprint density at radius 1 is 1.11 bits per heavy atom. The van der Waals surface area contributed by atoms with Crippen LogP contribution < -0.4 is 15.1 Å². The summed E-state index contributed by atoms with van der Waals surface area (Å²) in [6, 6.07) is 3.94. The van der Waals surface area contributed by atoms with Crippen LogP contribution in [0.4, 0.5) is 25.4 Å². The van der Waals surface area contributed by atoms with Gasteiger partial charge in [0.1, 0.15) is 11.4 Å². The predicted octanol–water partition coefficient (Wildman–Crippen LogP) is 2.33. The molecule has 0 aromatic heterocycles. The van der Waals surface area contributed by atoms with E-state index in [-0.39, 0.29) is 30.7 Å². The number of carbonyl (C=O) groups is 3. The Balaban J connectivity index is 1.68. The smallest absolute Gasteiger partial charge is 0.410 e. The third kappa shape index (κ3) is 4.52. The zero-order chi connectivity index (χ0) is 20.5. The Morgan fingerprint density at radius 3 is 2.39 bits per heavy atom. The summed E-state index contributed by atoms with van der Waals surface area (Å²) in [6.07, 6.45) is -0.217. The standard InChI is InChI=1S/C19H25FN4O4/c1-19(2,3)28-18(27)23-10-8-22(9-11-23)13-4-5-14(20)15(12-13)24-7-6-16(25)21-17(24)26/h4-5,12H,6-11H2,1-3H3,(H,21,25,26). The number of nitrogens with zero attached hydrogens (tertiary/aromatic N) is 3. The maximum Gasteiger partial charge on any atom is 0.410 e. The molecule has 0 spiro atoms. The van der Waals surface area contributed by atoms with Gasteiger partial charge in [0.15, 0.2) is 0 Å². The molecule has 2 saturated heterocycles. The number of piperazine rings is 1. The first-order valence-electron chi connectivity index (χ1n) is 9.28. The maximum atomic E-state index is 14.3. The largest absolute Gasteiger partial charge is 0.444 e. The van der Waals surface area contributed by atoms with Crippen molar-refractivity contribution in [1.82, 2.24) is 10.2 Å². The van der Waals surface area contributed by atoms with E-state index in [1.54, 1.807) is 17.0 Å². The van der Waals surface area contributed by atoms with Crippen LogP contribution in [-0.2, 0) is 9.53 Å². The number of imide groups is 1. The van der Waals surface area contributed by atoms with Crippen LogP contribution in [0.2, 0.25) is 0 Å². The molecular weight excluding hydrogens is 367 g/mol. The quantitative estimate of drug-likeness (QED) is 0.835. The van der Waals surface area contributed by atoms with Gasteiger partial charge in [-0.3, -0.25) is 15.0 Å². The van der Waals surface area contributed by atoms with Gasteiger partial charge in [0.25, 0.3) is 0 Å². The van der Waals surface area contributed by atoms with Gasteiger partial charge >= 0.3 is 12.1 Å². The van der Waals surface area contributed by atoms with Gasteiger partial charge in [-0.05, 0) is 39.0 Å². The summed E-state index contributed by atoms with van der Waals surface area (Å²) in [5, 5.41) is 2.20. The van der Waals surface area contributed by atoms with Crippen LogP contribution in [-0.4, -0.2) is 61.3 Å². The highest BCUT2D eigenvalue weighted by Crippen LogP contribution is 2.28. The summed E-state index contributed by atoms with van der Waals surface area (Å²) < 4.78 is 19.7. The predicted molar refractivity (Wildman–Crippen MR) is 102 cm³/mol. The number of ether oxygens (including phenoxy) is 1. The highest BCUT2D eigenvalue weighted by molar-refractivity contribution is 6.05. The molecule has 4 amide bonds. The second-order valence-corrected chi connectivity index (χ2v) is 7.85. The summed E-state index contributed by atoms with van der Waals surface area (Å²) in [5.41, 5.74) is 0.346. The Kier molecular flexibility index (Phi) is 5.44. The summed E-state index contributed by atoms with van der Waals surface area (Å²) >= 11 is 0. The van der Waals surface area contributed by atoms with Crippen molar-refractivity contribution in [2.75, 3.05) is 42.5 Å². The molecule has 1 N–H and O–H groups in total. The first kappa shape index (κ1) is 19.9. The summed E-state index contributed by atoms with van der Waals surface area (Å²) in [6.45, 7) is 7.71. The Hall–Kier alpha value is -2.84. The molecule has 0 unspecified atom stereocenters. The van der Waals surface area contributed by atoms with Crippen LogP contribution >= 0.6 is 0 Å². The number of nitrogens with one attached hydrogen (secondary N) is 1. The average molecular weight is 392 g/mol. The molecule has 2 aliphatic rings. The molecule has 2 heterocycles. The first-order chi connectivity index (χ1) is 13.1. The molecule has 3 rings (SSSR count). The number of hydrogen-bond donors (Lipinski definition) is 1. The molecule has 0 aliphatic carbocycles. The Morgan fingerprint density at radius 2 is 1.79 bits per heavy atom. The van der Waals surface area contributed by atoms with Crippen molar-refractivity contribution >= 4 is 29.4 Å². The lowest BCUT2D eigenvalue weighted by atomic mass is 10.2. The molecule has 8 nitrogen and oxygen atoms in total. The molecule has 152 valence electrons. The molecular formula is C19H25FN4O4. The normalized spacial score (nSPS) is 18.2. The molecule has 9 heteroatoms. The van der Waals surface area contributed by atoms with Crippen molar-refractivity contribution in [2.24, 2.45) is 0 Å². The molecule has 0 bridgehead atoms. The van der Waals surface area contributed by atoms with E-state index in [1.807, 2.05) is 25.7 Å². The van der Waals surface area contributed by atoms with Gasteiger partial charge in [-0.25, -0.2) is 14.0 Å². The third-order valence-corrected chi connectivity index (χ3v) is 4.57. The van der Waals surface area contributed by atoms with Crippen molar-refractivity contribution in [2.45, 2.75) is 32.8 Å². The topological polar surface area (TPSA) is 82.2 Å². The van der Waals surface area contributed by atoms with Crippen LogP contribution in [0.1, 0.15) is 27.2 Å². The lowest BCUT2D eigenvalue weighted by Gasteiger charge is -2.37. The highest BCUT2D eigenvalue weighted by Gasteiger charge is 2.29.